The molecule has 0 radical (unpaired) electrons. The maximum atomic E-state index is 13.0. The van der Waals surface area contributed by atoms with Gasteiger partial charge in [-0.25, -0.2) is 4.79 Å². The van der Waals surface area contributed by atoms with Crippen molar-refractivity contribution in [3.05, 3.63) is 77.9 Å². The maximum Gasteiger partial charge on any atom is 0.325 e. The van der Waals surface area contributed by atoms with E-state index in [1.165, 1.54) is 4.90 Å². The minimum atomic E-state index is -0.895. The average Bonchev–Trinajstić information content (AvgIpc) is 2.96. The SMILES string of the molecule is COc1ccc(CCC2(C)NC(=O)N(Cc3ccc4ccccc4c3)C2=O)cc1. The van der Waals surface area contributed by atoms with Gasteiger partial charge in [0.25, 0.3) is 5.91 Å². The highest BCUT2D eigenvalue weighted by Gasteiger charge is 2.47. The molecule has 1 aliphatic heterocycles. The van der Waals surface area contributed by atoms with Crippen LogP contribution in [0.1, 0.15) is 24.5 Å². The third-order valence-electron chi connectivity index (χ3n) is 5.57. The molecule has 1 unspecified atom stereocenters. The van der Waals surface area contributed by atoms with E-state index in [0.717, 1.165) is 27.6 Å². The molecule has 5 nitrogen and oxygen atoms in total. The summed E-state index contributed by atoms with van der Waals surface area (Å²) in [5.74, 6) is 0.621. The monoisotopic (exact) mass is 388 g/mol. The molecule has 0 aromatic heterocycles. The predicted molar refractivity (Wildman–Crippen MR) is 113 cm³/mol. The molecule has 0 saturated carbocycles. The standard InChI is InChI=1S/C24H24N2O3/c1-24(14-13-17-8-11-21(29-2)12-9-17)22(27)26(23(28)25-24)16-18-7-10-19-5-3-4-6-20(19)15-18/h3-12,15H,13-14,16H2,1-2H3,(H,25,28). The van der Waals surface area contributed by atoms with Crippen LogP contribution in [0.3, 0.4) is 0 Å². The van der Waals surface area contributed by atoms with Crippen LogP contribution in [-0.2, 0) is 17.8 Å². The summed E-state index contributed by atoms with van der Waals surface area (Å²) < 4.78 is 5.18. The number of carbonyl (C=O) groups is 2. The second kappa shape index (κ2) is 7.59. The second-order valence-electron chi connectivity index (χ2n) is 7.68. The van der Waals surface area contributed by atoms with Gasteiger partial charge in [-0.05, 0) is 59.9 Å². The van der Waals surface area contributed by atoms with Crippen LogP contribution in [0.15, 0.2) is 66.7 Å². The number of hydrogen-bond donors (Lipinski definition) is 1. The van der Waals surface area contributed by atoms with Gasteiger partial charge in [0.2, 0.25) is 0 Å². The largest absolute Gasteiger partial charge is 0.497 e. The van der Waals surface area contributed by atoms with Gasteiger partial charge in [-0.2, -0.15) is 0 Å². The Morgan fingerprint density at radius 3 is 2.34 bits per heavy atom. The van der Waals surface area contributed by atoms with E-state index in [9.17, 15) is 9.59 Å². The van der Waals surface area contributed by atoms with Crippen LogP contribution in [0.4, 0.5) is 4.79 Å². The van der Waals surface area contributed by atoms with E-state index in [1.54, 1.807) is 14.0 Å². The zero-order valence-corrected chi connectivity index (χ0v) is 16.6. The van der Waals surface area contributed by atoms with Crippen LogP contribution in [0.2, 0.25) is 0 Å². The van der Waals surface area contributed by atoms with Gasteiger partial charge >= 0.3 is 6.03 Å². The van der Waals surface area contributed by atoms with Gasteiger partial charge < -0.3 is 10.1 Å². The highest BCUT2D eigenvalue weighted by molar-refractivity contribution is 6.06. The number of nitrogens with zero attached hydrogens (tertiary/aromatic N) is 1. The second-order valence-corrected chi connectivity index (χ2v) is 7.68. The van der Waals surface area contributed by atoms with Crippen LogP contribution < -0.4 is 10.1 Å². The molecule has 0 bridgehead atoms. The fourth-order valence-corrected chi connectivity index (χ4v) is 3.77. The van der Waals surface area contributed by atoms with Gasteiger partial charge in [0.1, 0.15) is 11.3 Å². The van der Waals surface area contributed by atoms with E-state index < -0.39 is 5.54 Å². The van der Waals surface area contributed by atoms with E-state index >= 15 is 0 Å². The number of fused-ring (bicyclic) bond motifs is 1. The Labute approximate surface area is 170 Å². The summed E-state index contributed by atoms with van der Waals surface area (Å²) in [6.45, 7) is 2.07. The number of ether oxygens (including phenoxy) is 1. The van der Waals surface area contributed by atoms with E-state index in [2.05, 4.69) is 5.32 Å². The minimum absolute atomic E-state index is 0.177. The molecule has 1 heterocycles. The Hall–Kier alpha value is -3.34. The third kappa shape index (κ3) is 3.81. The highest BCUT2D eigenvalue weighted by atomic mass is 16.5. The first-order chi connectivity index (χ1) is 14.0. The Kier molecular flexibility index (Phi) is 4.97. The molecule has 3 aromatic carbocycles. The zero-order valence-electron chi connectivity index (χ0n) is 16.6. The number of carbonyl (C=O) groups excluding carboxylic acids is 2. The molecule has 29 heavy (non-hydrogen) atoms. The van der Waals surface area contributed by atoms with Crippen LogP contribution in [0.25, 0.3) is 10.8 Å². The number of hydrogen-bond acceptors (Lipinski definition) is 3. The Morgan fingerprint density at radius 1 is 0.931 bits per heavy atom. The number of urea groups is 1. The quantitative estimate of drug-likeness (QED) is 0.641. The lowest BCUT2D eigenvalue weighted by Gasteiger charge is -2.22. The topological polar surface area (TPSA) is 58.6 Å². The highest BCUT2D eigenvalue weighted by Crippen LogP contribution is 2.26. The first-order valence-electron chi connectivity index (χ1n) is 9.73. The van der Waals surface area contributed by atoms with Gasteiger partial charge in [0, 0.05) is 0 Å². The van der Waals surface area contributed by atoms with E-state index in [1.807, 2.05) is 66.7 Å². The third-order valence-corrected chi connectivity index (χ3v) is 5.57. The summed E-state index contributed by atoms with van der Waals surface area (Å²) in [6, 6.07) is 21.5. The number of aryl methyl sites for hydroxylation is 1. The maximum absolute atomic E-state index is 13.0. The van der Waals surface area contributed by atoms with Crippen molar-refractivity contribution in [3.63, 3.8) is 0 Å². The predicted octanol–water partition coefficient (Wildman–Crippen LogP) is 4.29. The molecule has 5 heteroatoms. The molecule has 4 rings (SSSR count). The molecule has 1 saturated heterocycles. The Balaban J connectivity index is 1.46. The van der Waals surface area contributed by atoms with E-state index in [0.29, 0.717) is 12.8 Å². The minimum Gasteiger partial charge on any atom is -0.497 e. The molecule has 1 N–H and O–H groups in total. The first kappa shape index (κ1) is 19.0. The molecular weight excluding hydrogens is 364 g/mol. The fraction of sp³-hybridized carbons (Fsp3) is 0.250. The van der Waals surface area contributed by atoms with Crippen LogP contribution >= 0.6 is 0 Å². The summed E-state index contributed by atoms with van der Waals surface area (Å²) in [6.07, 6.45) is 1.23. The van der Waals surface area contributed by atoms with Gasteiger partial charge in [-0.15, -0.1) is 0 Å². The molecule has 3 aromatic rings. The van der Waals surface area contributed by atoms with Crippen molar-refractivity contribution in [3.8, 4) is 5.75 Å². The summed E-state index contributed by atoms with van der Waals surface area (Å²) in [5.41, 5.74) is 1.14. The van der Waals surface area contributed by atoms with Crippen molar-refractivity contribution >= 4 is 22.7 Å². The van der Waals surface area contributed by atoms with Crippen molar-refractivity contribution in [1.29, 1.82) is 0 Å². The fourth-order valence-electron chi connectivity index (χ4n) is 3.77. The normalized spacial score (nSPS) is 18.9. The van der Waals surface area contributed by atoms with Crippen LogP contribution in [0, 0.1) is 0 Å². The lowest BCUT2D eigenvalue weighted by molar-refractivity contribution is -0.131. The summed E-state index contributed by atoms with van der Waals surface area (Å²) >= 11 is 0. The summed E-state index contributed by atoms with van der Waals surface area (Å²) in [4.78, 5) is 26.9. The van der Waals surface area contributed by atoms with E-state index in [-0.39, 0.29) is 18.5 Å². The molecule has 1 fully saturated rings. The molecule has 0 spiro atoms. The van der Waals surface area contributed by atoms with Crippen molar-refractivity contribution in [1.82, 2.24) is 10.2 Å². The molecule has 3 amide bonds. The average molecular weight is 388 g/mol. The lowest BCUT2D eigenvalue weighted by Crippen LogP contribution is -2.44. The molecule has 148 valence electrons. The van der Waals surface area contributed by atoms with Crippen molar-refractivity contribution in [2.45, 2.75) is 31.8 Å². The van der Waals surface area contributed by atoms with Crippen LogP contribution in [-0.4, -0.2) is 29.5 Å². The number of benzene rings is 3. The molecule has 0 aliphatic carbocycles. The summed E-state index contributed by atoms with van der Waals surface area (Å²) in [7, 11) is 1.63. The smallest absolute Gasteiger partial charge is 0.325 e. The Morgan fingerprint density at radius 2 is 1.62 bits per heavy atom. The number of methoxy groups -OCH3 is 1. The zero-order chi connectivity index (χ0) is 20.4. The molecular formula is C24H24N2O3. The Bertz CT molecular complexity index is 1060. The van der Waals surface area contributed by atoms with Crippen molar-refractivity contribution < 1.29 is 14.3 Å². The van der Waals surface area contributed by atoms with Crippen molar-refractivity contribution in [2.75, 3.05) is 7.11 Å². The van der Waals surface area contributed by atoms with Gasteiger partial charge in [0.15, 0.2) is 0 Å². The lowest BCUT2D eigenvalue weighted by atomic mass is 9.93. The number of amides is 3. The number of rotatable bonds is 6. The van der Waals surface area contributed by atoms with E-state index in [4.69, 9.17) is 4.74 Å². The molecule has 1 atom stereocenters. The van der Waals surface area contributed by atoms with Crippen LogP contribution in [0.5, 0.6) is 5.75 Å². The number of nitrogens with one attached hydrogen (secondary N) is 1. The van der Waals surface area contributed by atoms with Gasteiger partial charge in [-0.3, -0.25) is 9.69 Å². The van der Waals surface area contributed by atoms with Crippen molar-refractivity contribution in [2.24, 2.45) is 0 Å². The first-order valence-corrected chi connectivity index (χ1v) is 9.73. The number of imide groups is 1. The van der Waals surface area contributed by atoms with Gasteiger partial charge in [-0.1, -0.05) is 48.5 Å². The van der Waals surface area contributed by atoms with Gasteiger partial charge in [0.05, 0.1) is 13.7 Å². The molecule has 1 aliphatic rings. The summed E-state index contributed by atoms with van der Waals surface area (Å²) in [5, 5.41) is 5.13.